The van der Waals surface area contributed by atoms with Crippen LogP contribution in [0.3, 0.4) is 0 Å². The molecule has 0 radical (unpaired) electrons. The number of hydrogen-bond donors (Lipinski definition) is 1. The van der Waals surface area contributed by atoms with Crippen molar-refractivity contribution in [1.82, 2.24) is 19.8 Å². The number of amides is 1. The summed E-state index contributed by atoms with van der Waals surface area (Å²) in [5.74, 6) is 0.768. The van der Waals surface area contributed by atoms with Crippen LogP contribution in [-0.4, -0.2) is 66.0 Å². The maximum atomic E-state index is 13.1. The van der Waals surface area contributed by atoms with Crippen LogP contribution in [0, 0.1) is 18.3 Å². The van der Waals surface area contributed by atoms with Crippen molar-refractivity contribution >= 4 is 15.9 Å². The molecule has 39 heavy (non-hydrogen) atoms. The molecule has 1 saturated heterocycles. The lowest BCUT2D eigenvalue weighted by Crippen LogP contribution is -2.50. The standard InChI is InChI=1S/C26H26F3N5O4S/c1-18-31-16-22(32-18)23(14-19-6-8-20(15-30)9-7-19)33-10-12-34(13-11-33)25(35)38-17-21-4-2-3-5-24(21)39(36,37)26(27,28)29/h2-9,16,23H,10-14,17H2,1H3,(H,31,32). The molecule has 3 aromatic rings. The number of rotatable bonds is 7. The van der Waals surface area contributed by atoms with Gasteiger partial charge in [0.15, 0.2) is 0 Å². The molecule has 1 amide bonds. The Labute approximate surface area is 223 Å². The van der Waals surface area contributed by atoms with E-state index in [0.29, 0.717) is 38.2 Å². The Kier molecular flexibility index (Phi) is 8.27. The van der Waals surface area contributed by atoms with Crippen molar-refractivity contribution < 1.29 is 31.1 Å². The number of imidazole rings is 1. The fourth-order valence-corrected chi connectivity index (χ4v) is 5.42. The fraction of sp³-hybridized carbons (Fsp3) is 0.346. The number of alkyl halides is 3. The molecule has 4 rings (SSSR count). The molecular weight excluding hydrogens is 535 g/mol. The van der Waals surface area contributed by atoms with Crippen LogP contribution in [0.25, 0.3) is 0 Å². The van der Waals surface area contributed by atoms with E-state index in [9.17, 15) is 26.4 Å². The Morgan fingerprint density at radius 1 is 1.13 bits per heavy atom. The summed E-state index contributed by atoms with van der Waals surface area (Å²) in [6.45, 7) is 2.84. The molecule has 1 aliphatic rings. The van der Waals surface area contributed by atoms with Crippen molar-refractivity contribution in [3.63, 3.8) is 0 Å². The molecule has 0 bridgehead atoms. The van der Waals surface area contributed by atoms with E-state index in [0.717, 1.165) is 23.1 Å². The van der Waals surface area contributed by atoms with Crippen LogP contribution in [0.2, 0.25) is 0 Å². The molecule has 9 nitrogen and oxygen atoms in total. The van der Waals surface area contributed by atoms with Crippen LogP contribution in [0.1, 0.15) is 34.3 Å². The highest BCUT2D eigenvalue weighted by Gasteiger charge is 2.47. The Morgan fingerprint density at radius 3 is 2.38 bits per heavy atom. The number of aromatic nitrogens is 2. The number of nitrogens with one attached hydrogen (secondary N) is 1. The van der Waals surface area contributed by atoms with Gasteiger partial charge in [0.1, 0.15) is 12.4 Å². The number of halogens is 3. The average molecular weight is 562 g/mol. The summed E-state index contributed by atoms with van der Waals surface area (Å²) in [6.07, 6.45) is 1.67. The van der Waals surface area contributed by atoms with Crippen molar-refractivity contribution in [1.29, 1.82) is 5.26 Å². The minimum Gasteiger partial charge on any atom is -0.444 e. The normalized spacial score (nSPS) is 15.5. The highest BCUT2D eigenvalue weighted by Crippen LogP contribution is 2.32. The van der Waals surface area contributed by atoms with Gasteiger partial charge in [-0.3, -0.25) is 4.90 Å². The highest BCUT2D eigenvalue weighted by molar-refractivity contribution is 7.92. The Balaban J connectivity index is 1.40. The molecule has 1 N–H and O–H groups in total. The summed E-state index contributed by atoms with van der Waals surface area (Å²) >= 11 is 0. The molecule has 2 aromatic carbocycles. The number of carbonyl (C=O) groups is 1. The van der Waals surface area contributed by atoms with E-state index in [-0.39, 0.29) is 11.6 Å². The van der Waals surface area contributed by atoms with Crippen molar-refractivity contribution in [3.05, 3.63) is 82.9 Å². The summed E-state index contributed by atoms with van der Waals surface area (Å²) in [4.78, 5) is 23.0. The molecule has 0 aliphatic carbocycles. The SMILES string of the molecule is Cc1ncc(C(Cc2ccc(C#N)cc2)N2CCN(C(=O)OCc3ccccc3S(=O)(=O)C(F)(F)F)CC2)[nH]1. The van der Waals surface area contributed by atoms with Crippen LogP contribution in [0.15, 0.2) is 59.6 Å². The van der Waals surface area contributed by atoms with Crippen LogP contribution in [-0.2, 0) is 27.6 Å². The van der Waals surface area contributed by atoms with Gasteiger partial charge in [-0.1, -0.05) is 30.3 Å². The van der Waals surface area contributed by atoms with E-state index >= 15 is 0 Å². The number of sulfone groups is 1. The van der Waals surface area contributed by atoms with E-state index in [1.807, 2.05) is 19.1 Å². The summed E-state index contributed by atoms with van der Waals surface area (Å²) < 4.78 is 68.2. The lowest BCUT2D eigenvalue weighted by Gasteiger charge is -2.38. The Bertz CT molecular complexity index is 1460. The van der Waals surface area contributed by atoms with Crippen molar-refractivity contribution in [3.8, 4) is 6.07 Å². The van der Waals surface area contributed by atoms with Crippen LogP contribution < -0.4 is 0 Å². The average Bonchev–Trinajstić information content (AvgIpc) is 3.36. The number of hydrogen-bond acceptors (Lipinski definition) is 7. The quantitative estimate of drug-likeness (QED) is 0.461. The maximum absolute atomic E-state index is 13.1. The van der Waals surface area contributed by atoms with Crippen molar-refractivity contribution in [2.24, 2.45) is 0 Å². The van der Waals surface area contributed by atoms with Gasteiger partial charge in [0, 0.05) is 37.9 Å². The van der Waals surface area contributed by atoms with Crippen molar-refractivity contribution in [2.45, 2.75) is 36.4 Å². The molecule has 0 saturated carbocycles. The summed E-state index contributed by atoms with van der Waals surface area (Å²) in [5.41, 5.74) is -3.21. The molecule has 0 spiro atoms. The zero-order chi connectivity index (χ0) is 28.2. The number of aromatic amines is 1. The first-order valence-electron chi connectivity index (χ1n) is 12.0. The van der Waals surface area contributed by atoms with Gasteiger partial charge < -0.3 is 14.6 Å². The maximum Gasteiger partial charge on any atom is 0.501 e. The van der Waals surface area contributed by atoms with Gasteiger partial charge in [0.25, 0.3) is 9.84 Å². The molecule has 1 atom stereocenters. The highest BCUT2D eigenvalue weighted by atomic mass is 32.2. The fourth-order valence-electron chi connectivity index (χ4n) is 4.44. The number of carbonyl (C=O) groups excluding carboxylic acids is 1. The van der Waals surface area contributed by atoms with Gasteiger partial charge in [-0.05, 0) is 37.1 Å². The second-order valence-electron chi connectivity index (χ2n) is 9.09. The predicted octanol–water partition coefficient (Wildman–Crippen LogP) is 4.12. The molecule has 13 heteroatoms. The summed E-state index contributed by atoms with van der Waals surface area (Å²) in [6, 6.07) is 13.9. The molecule has 1 aliphatic heterocycles. The lowest BCUT2D eigenvalue weighted by molar-refractivity contribution is -0.0436. The topological polar surface area (TPSA) is 119 Å². The Morgan fingerprint density at radius 2 is 1.79 bits per heavy atom. The molecule has 1 unspecified atom stereocenters. The van der Waals surface area contributed by atoms with Gasteiger partial charge in [-0.25, -0.2) is 18.2 Å². The minimum absolute atomic E-state index is 0.0724. The van der Waals surface area contributed by atoms with E-state index in [1.54, 1.807) is 18.3 Å². The summed E-state index contributed by atoms with van der Waals surface area (Å²) in [7, 11) is -5.59. The minimum atomic E-state index is -5.59. The number of nitrogens with zero attached hydrogens (tertiary/aromatic N) is 4. The van der Waals surface area contributed by atoms with E-state index < -0.39 is 32.9 Å². The van der Waals surface area contributed by atoms with E-state index in [4.69, 9.17) is 10.00 Å². The van der Waals surface area contributed by atoms with Crippen LogP contribution in [0.5, 0.6) is 0 Å². The third kappa shape index (κ3) is 6.40. The first kappa shape index (κ1) is 28.1. The van der Waals surface area contributed by atoms with Gasteiger partial charge in [0.2, 0.25) is 0 Å². The monoisotopic (exact) mass is 561 g/mol. The van der Waals surface area contributed by atoms with Gasteiger partial charge in [-0.15, -0.1) is 0 Å². The van der Waals surface area contributed by atoms with Gasteiger partial charge in [0.05, 0.1) is 28.3 Å². The first-order chi connectivity index (χ1) is 18.5. The lowest BCUT2D eigenvalue weighted by atomic mass is 10.0. The number of aryl methyl sites for hydroxylation is 1. The first-order valence-corrected chi connectivity index (χ1v) is 13.5. The number of H-pyrrole nitrogens is 1. The predicted molar refractivity (Wildman–Crippen MR) is 134 cm³/mol. The third-order valence-corrected chi connectivity index (χ3v) is 8.11. The van der Waals surface area contributed by atoms with Crippen LogP contribution in [0.4, 0.5) is 18.0 Å². The molecule has 1 fully saturated rings. The molecule has 206 valence electrons. The second kappa shape index (κ2) is 11.5. The molecular formula is C26H26F3N5O4S. The zero-order valence-corrected chi connectivity index (χ0v) is 21.8. The largest absolute Gasteiger partial charge is 0.501 e. The van der Waals surface area contributed by atoms with E-state index in [2.05, 4.69) is 20.9 Å². The zero-order valence-electron chi connectivity index (χ0n) is 21.0. The molecule has 1 aromatic heterocycles. The number of benzene rings is 2. The molecule has 2 heterocycles. The number of nitriles is 1. The number of piperazine rings is 1. The summed E-state index contributed by atoms with van der Waals surface area (Å²) in [5, 5.41) is 9.06. The smallest absolute Gasteiger partial charge is 0.444 e. The Hall–Kier alpha value is -3.89. The van der Waals surface area contributed by atoms with E-state index in [1.165, 1.54) is 23.1 Å². The van der Waals surface area contributed by atoms with Crippen molar-refractivity contribution in [2.75, 3.05) is 26.2 Å². The van der Waals surface area contributed by atoms with Gasteiger partial charge >= 0.3 is 11.6 Å². The van der Waals surface area contributed by atoms with Crippen LogP contribution >= 0.6 is 0 Å². The third-order valence-electron chi connectivity index (χ3n) is 6.52. The second-order valence-corrected chi connectivity index (χ2v) is 11.0. The van der Waals surface area contributed by atoms with Gasteiger partial charge in [-0.2, -0.15) is 18.4 Å². The number of ether oxygens (including phenoxy) is 1.